The molecule has 52 valence electrons. The maximum atomic E-state index is 11.5. The summed E-state index contributed by atoms with van der Waals surface area (Å²) < 4.78 is 12.0. The van der Waals surface area contributed by atoms with E-state index in [2.05, 4.69) is 9.98 Å². The molecule has 0 bridgehead atoms. The summed E-state index contributed by atoms with van der Waals surface area (Å²) in [4.78, 5) is 6.12. The van der Waals surface area contributed by atoms with Crippen LogP contribution < -0.4 is 0 Å². The van der Waals surface area contributed by atoms with Gasteiger partial charge in [0.05, 0.1) is 10.2 Å². The van der Waals surface area contributed by atoms with Gasteiger partial charge in [0, 0.05) is 12.4 Å². The van der Waals surface area contributed by atoms with E-state index < -0.39 is 0 Å². The van der Waals surface area contributed by atoms with Crippen molar-refractivity contribution in [1.82, 2.24) is 4.98 Å². The van der Waals surface area contributed by atoms with Gasteiger partial charge in [-0.3, -0.25) is 0 Å². The van der Waals surface area contributed by atoms with Gasteiger partial charge in [-0.25, -0.2) is 4.99 Å². The van der Waals surface area contributed by atoms with Gasteiger partial charge in [-0.2, -0.15) is 4.39 Å². The van der Waals surface area contributed by atoms with Crippen LogP contribution in [0.3, 0.4) is 0 Å². The fourth-order valence-corrected chi connectivity index (χ4v) is 0.740. The Morgan fingerprint density at radius 2 is 2.50 bits per heavy atom. The number of hydrogen-bond donors (Lipinski definition) is 1. The monoisotopic (exact) mass is 156 g/mol. The van der Waals surface area contributed by atoms with Crippen LogP contribution >= 0.6 is 12.2 Å². The van der Waals surface area contributed by atoms with Gasteiger partial charge in [-0.1, -0.05) is 12.2 Å². The van der Waals surface area contributed by atoms with E-state index >= 15 is 0 Å². The first-order valence-corrected chi connectivity index (χ1v) is 3.05. The largest absolute Gasteiger partial charge is 0.366 e. The Labute approximate surface area is 62.4 Å². The molecule has 0 aliphatic heterocycles. The molecule has 0 radical (unpaired) electrons. The number of pyridine rings is 1. The van der Waals surface area contributed by atoms with E-state index in [4.69, 9.17) is 12.2 Å². The average Bonchev–Trinajstić information content (AvgIpc) is 1.94. The Bertz CT molecular complexity index is 292. The lowest BCUT2D eigenvalue weighted by molar-refractivity contribution is 0.841. The van der Waals surface area contributed by atoms with E-state index in [1.807, 2.05) is 0 Å². The molecule has 0 atom stereocenters. The van der Waals surface area contributed by atoms with Gasteiger partial charge in [0.1, 0.15) is 0 Å². The van der Waals surface area contributed by atoms with Crippen molar-refractivity contribution in [3.63, 3.8) is 0 Å². The first kappa shape index (κ1) is 7.08. The van der Waals surface area contributed by atoms with Crippen molar-refractivity contribution >= 4 is 24.4 Å². The summed E-state index contributed by atoms with van der Waals surface area (Å²) in [6.07, 6.45) is 3.21. The molecule has 0 fully saturated rings. The number of H-pyrrole nitrogens is 1. The van der Waals surface area contributed by atoms with Crippen LogP contribution in [0.1, 0.15) is 0 Å². The highest BCUT2D eigenvalue weighted by Gasteiger charge is 1.86. The average molecular weight is 156 g/mol. The molecule has 1 rings (SSSR count). The molecule has 1 aromatic heterocycles. The summed E-state index contributed by atoms with van der Waals surface area (Å²) in [5.74, 6) is 0. The highest BCUT2D eigenvalue weighted by molar-refractivity contribution is 7.71. The van der Waals surface area contributed by atoms with E-state index in [1.165, 1.54) is 0 Å². The summed E-state index contributed by atoms with van der Waals surface area (Å²) in [6.45, 7) is 0.221. The van der Waals surface area contributed by atoms with Gasteiger partial charge in [-0.15, -0.1) is 0 Å². The zero-order chi connectivity index (χ0) is 7.40. The second kappa shape index (κ2) is 3.22. The van der Waals surface area contributed by atoms with E-state index in [0.717, 1.165) is 0 Å². The maximum Gasteiger partial charge on any atom is 0.176 e. The fraction of sp³-hybridized carbons (Fsp3) is 0. The lowest BCUT2D eigenvalue weighted by Gasteiger charge is -1.88. The molecule has 1 N–H and O–H groups in total. The molecular weight excluding hydrogens is 151 g/mol. The minimum absolute atomic E-state index is 0.221. The quantitative estimate of drug-likeness (QED) is 0.490. The highest BCUT2D eigenvalue weighted by Crippen LogP contribution is 2.10. The van der Waals surface area contributed by atoms with Crippen LogP contribution in [0.5, 0.6) is 0 Å². The van der Waals surface area contributed by atoms with E-state index in [9.17, 15) is 4.39 Å². The summed E-state index contributed by atoms with van der Waals surface area (Å²) in [5, 5.41) is 0. The molecule has 0 aliphatic rings. The van der Waals surface area contributed by atoms with Crippen LogP contribution in [0.4, 0.5) is 10.1 Å². The zero-order valence-electron chi connectivity index (χ0n) is 5.04. The third-order valence-corrected chi connectivity index (χ3v) is 1.34. The molecule has 2 nitrogen and oxygen atoms in total. The molecule has 1 heterocycles. The summed E-state index contributed by atoms with van der Waals surface area (Å²) in [7, 11) is 0. The SMILES string of the molecule is FC=Nc1c[nH]ccc1=S. The molecule has 0 saturated carbocycles. The van der Waals surface area contributed by atoms with Crippen molar-refractivity contribution in [1.29, 1.82) is 0 Å². The zero-order valence-corrected chi connectivity index (χ0v) is 5.86. The number of hydrogen-bond acceptors (Lipinski definition) is 2. The third kappa shape index (κ3) is 1.48. The normalized spacial score (nSPS) is 10.5. The number of aromatic amines is 1. The standard InChI is InChI=1S/C6H5FN2S/c7-4-9-5-3-8-2-1-6(5)10/h1-4H,(H,8,10). The van der Waals surface area contributed by atoms with Gasteiger partial charge in [0.2, 0.25) is 0 Å². The van der Waals surface area contributed by atoms with Crippen molar-refractivity contribution in [2.24, 2.45) is 4.99 Å². The Morgan fingerprint density at radius 1 is 1.70 bits per heavy atom. The van der Waals surface area contributed by atoms with Crippen molar-refractivity contribution < 1.29 is 4.39 Å². The number of nitrogens with one attached hydrogen (secondary N) is 1. The molecule has 4 heteroatoms. The second-order valence-electron chi connectivity index (χ2n) is 1.62. The van der Waals surface area contributed by atoms with Crippen LogP contribution in [0.15, 0.2) is 23.5 Å². The molecule has 0 aliphatic carbocycles. The first-order valence-electron chi connectivity index (χ1n) is 2.64. The minimum atomic E-state index is 0.221. The molecule has 0 amide bonds. The van der Waals surface area contributed by atoms with Crippen LogP contribution in [0.25, 0.3) is 0 Å². The molecule has 0 aromatic carbocycles. The first-order chi connectivity index (χ1) is 4.84. The Hall–Kier alpha value is -1.03. The Morgan fingerprint density at radius 3 is 3.10 bits per heavy atom. The minimum Gasteiger partial charge on any atom is -0.366 e. The smallest absolute Gasteiger partial charge is 0.176 e. The molecule has 0 unspecified atom stereocenters. The van der Waals surface area contributed by atoms with E-state index in [1.54, 1.807) is 18.5 Å². The number of aliphatic imine (C=N–C) groups is 1. The van der Waals surface area contributed by atoms with Crippen LogP contribution in [-0.2, 0) is 0 Å². The highest BCUT2D eigenvalue weighted by atomic mass is 32.1. The predicted molar refractivity (Wildman–Crippen MR) is 40.9 cm³/mol. The number of halogens is 1. The number of rotatable bonds is 1. The van der Waals surface area contributed by atoms with Gasteiger partial charge in [0.25, 0.3) is 0 Å². The second-order valence-corrected chi connectivity index (χ2v) is 2.06. The van der Waals surface area contributed by atoms with Crippen LogP contribution in [0, 0.1) is 4.51 Å². The molecule has 1 aromatic rings. The van der Waals surface area contributed by atoms with Gasteiger partial charge < -0.3 is 4.98 Å². The molecule has 0 saturated heterocycles. The van der Waals surface area contributed by atoms with Crippen molar-refractivity contribution in [2.45, 2.75) is 0 Å². The van der Waals surface area contributed by atoms with Crippen molar-refractivity contribution in [3.8, 4) is 0 Å². The van der Waals surface area contributed by atoms with Gasteiger partial charge in [0.15, 0.2) is 6.47 Å². The predicted octanol–water partition coefficient (Wildman–Crippen LogP) is 2.37. The van der Waals surface area contributed by atoms with Crippen LogP contribution in [0.2, 0.25) is 0 Å². The van der Waals surface area contributed by atoms with Crippen molar-refractivity contribution in [3.05, 3.63) is 23.0 Å². The molecule has 10 heavy (non-hydrogen) atoms. The number of aromatic nitrogens is 1. The van der Waals surface area contributed by atoms with Crippen molar-refractivity contribution in [2.75, 3.05) is 0 Å². The Balaban J connectivity index is 3.16. The Kier molecular flexibility index (Phi) is 2.28. The topological polar surface area (TPSA) is 28.1 Å². The van der Waals surface area contributed by atoms with E-state index in [-0.39, 0.29) is 6.47 Å². The molecular formula is C6H5FN2S. The van der Waals surface area contributed by atoms with Crippen LogP contribution in [-0.4, -0.2) is 11.5 Å². The van der Waals surface area contributed by atoms with Gasteiger partial charge in [-0.05, 0) is 6.07 Å². The number of nitrogens with zero attached hydrogens (tertiary/aromatic N) is 1. The summed E-state index contributed by atoms with van der Waals surface area (Å²) >= 11 is 4.82. The van der Waals surface area contributed by atoms with Gasteiger partial charge >= 0.3 is 0 Å². The molecule has 0 spiro atoms. The lowest BCUT2D eigenvalue weighted by Crippen LogP contribution is -1.70. The van der Waals surface area contributed by atoms with E-state index in [0.29, 0.717) is 10.2 Å². The fourth-order valence-electron chi connectivity index (χ4n) is 0.561. The summed E-state index contributed by atoms with van der Waals surface area (Å²) in [6, 6.07) is 1.65. The third-order valence-electron chi connectivity index (χ3n) is 0.991. The summed E-state index contributed by atoms with van der Waals surface area (Å²) in [5.41, 5.74) is 0.444. The lowest BCUT2D eigenvalue weighted by atomic mass is 10.4. The maximum absolute atomic E-state index is 11.5.